The zero-order chi connectivity index (χ0) is 12.9. The number of rotatable bonds is 5. The first-order valence-corrected chi connectivity index (χ1v) is 5.65. The lowest BCUT2D eigenvalue weighted by molar-refractivity contribution is 0.0869. The largest absolute Gasteiger partial charge is 0.494 e. The Bertz CT molecular complexity index is 371. The van der Waals surface area contributed by atoms with Crippen molar-refractivity contribution in [2.75, 3.05) is 13.2 Å². The van der Waals surface area contributed by atoms with Crippen LogP contribution in [-0.4, -0.2) is 29.8 Å². The van der Waals surface area contributed by atoms with Gasteiger partial charge in [-0.1, -0.05) is 0 Å². The minimum Gasteiger partial charge on any atom is -0.494 e. The van der Waals surface area contributed by atoms with Gasteiger partial charge in [-0.15, -0.1) is 0 Å². The Balaban J connectivity index is 2.70. The Hall–Kier alpha value is -1.55. The van der Waals surface area contributed by atoms with Crippen molar-refractivity contribution in [1.29, 1.82) is 0 Å². The molecule has 0 aliphatic rings. The third-order valence-electron chi connectivity index (χ3n) is 2.27. The van der Waals surface area contributed by atoms with Crippen LogP contribution in [0.4, 0.5) is 0 Å². The standard InChI is InChI=1S/C13H19NO3/c1-4-17-11-7-5-10(6-8-11)12(16)14-13(2,3)9-15/h5-8,15H,4,9H2,1-3H3,(H,14,16). The number of hydrogen-bond donors (Lipinski definition) is 2. The van der Waals surface area contributed by atoms with Crippen LogP contribution in [0.5, 0.6) is 5.75 Å². The molecule has 1 aromatic rings. The van der Waals surface area contributed by atoms with Gasteiger partial charge in [0.15, 0.2) is 0 Å². The highest BCUT2D eigenvalue weighted by atomic mass is 16.5. The van der Waals surface area contributed by atoms with E-state index in [2.05, 4.69) is 5.32 Å². The second-order valence-electron chi connectivity index (χ2n) is 4.45. The summed E-state index contributed by atoms with van der Waals surface area (Å²) in [5.74, 6) is 0.539. The minimum absolute atomic E-state index is 0.101. The van der Waals surface area contributed by atoms with Gasteiger partial charge in [-0.3, -0.25) is 4.79 Å². The number of hydrogen-bond acceptors (Lipinski definition) is 3. The van der Waals surface area contributed by atoms with Crippen LogP contribution in [0.25, 0.3) is 0 Å². The molecule has 0 fully saturated rings. The van der Waals surface area contributed by atoms with Crippen LogP contribution >= 0.6 is 0 Å². The van der Waals surface area contributed by atoms with E-state index < -0.39 is 5.54 Å². The molecule has 2 N–H and O–H groups in total. The lowest BCUT2D eigenvalue weighted by Crippen LogP contribution is -2.46. The van der Waals surface area contributed by atoms with Crippen molar-refractivity contribution in [2.24, 2.45) is 0 Å². The van der Waals surface area contributed by atoms with Gasteiger partial charge in [-0.25, -0.2) is 0 Å². The van der Waals surface area contributed by atoms with E-state index in [4.69, 9.17) is 9.84 Å². The maximum absolute atomic E-state index is 11.8. The molecule has 0 saturated heterocycles. The highest BCUT2D eigenvalue weighted by Crippen LogP contribution is 2.13. The van der Waals surface area contributed by atoms with Gasteiger partial charge in [0.25, 0.3) is 5.91 Å². The topological polar surface area (TPSA) is 58.6 Å². The fraction of sp³-hybridized carbons (Fsp3) is 0.462. The Morgan fingerprint density at radius 3 is 2.41 bits per heavy atom. The van der Waals surface area contributed by atoms with E-state index in [1.165, 1.54) is 0 Å². The summed E-state index contributed by atoms with van der Waals surface area (Å²) >= 11 is 0. The van der Waals surface area contributed by atoms with Gasteiger partial charge >= 0.3 is 0 Å². The fourth-order valence-electron chi connectivity index (χ4n) is 1.29. The second-order valence-corrected chi connectivity index (χ2v) is 4.45. The van der Waals surface area contributed by atoms with Crippen LogP contribution < -0.4 is 10.1 Å². The predicted molar refractivity (Wildman–Crippen MR) is 66.2 cm³/mol. The molecular formula is C13H19NO3. The van der Waals surface area contributed by atoms with Crippen LogP contribution in [-0.2, 0) is 0 Å². The van der Waals surface area contributed by atoms with Gasteiger partial charge in [-0.05, 0) is 45.0 Å². The third kappa shape index (κ3) is 4.07. The molecule has 94 valence electrons. The molecule has 0 atom stereocenters. The molecule has 0 saturated carbocycles. The highest BCUT2D eigenvalue weighted by molar-refractivity contribution is 5.94. The van der Waals surface area contributed by atoms with Crippen molar-refractivity contribution in [3.63, 3.8) is 0 Å². The summed E-state index contributed by atoms with van der Waals surface area (Å²) < 4.78 is 5.29. The minimum atomic E-state index is -0.615. The molecule has 17 heavy (non-hydrogen) atoms. The average molecular weight is 237 g/mol. The summed E-state index contributed by atoms with van der Waals surface area (Å²) in [5, 5.41) is 11.8. The molecule has 4 nitrogen and oxygen atoms in total. The molecule has 1 aromatic carbocycles. The molecule has 0 spiro atoms. The Morgan fingerprint density at radius 1 is 1.35 bits per heavy atom. The van der Waals surface area contributed by atoms with Gasteiger partial charge < -0.3 is 15.2 Å². The summed E-state index contributed by atoms with van der Waals surface area (Å²) in [6, 6.07) is 6.91. The number of nitrogens with one attached hydrogen (secondary N) is 1. The first kappa shape index (κ1) is 13.5. The number of amides is 1. The molecule has 0 bridgehead atoms. The molecule has 0 aliphatic heterocycles. The zero-order valence-corrected chi connectivity index (χ0v) is 10.5. The van der Waals surface area contributed by atoms with Crippen molar-refractivity contribution in [1.82, 2.24) is 5.32 Å². The molecule has 0 unspecified atom stereocenters. The van der Waals surface area contributed by atoms with Gasteiger partial charge in [0.1, 0.15) is 5.75 Å². The number of carbonyl (C=O) groups is 1. The molecule has 0 radical (unpaired) electrons. The number of benzene rings is 1. The second kappa shape index (κ2) is 5.68. The first-order chi connectivity index (χ1) is 7.98. The van der Waals surface area contributed by atoms with Gasteiger partial charge in [-0.2, -0.15) is 0 Å². The molecule has 1 amide bonds. The van der Waals surface area contributed by atoms with E-state index in [0.717, 1.165) is 5.75 Å². The maximum Gasteiger partial charge on any atom is 0.251 e. The molecule has 0 heterocycles. The molecule has 0 aromatic heterocycles. The van der Waals surface area contributed by atoms with E-state index >= 15 is 0 Å². The summed E-state index contributed by atoms with van der Waals surface area (Å²) in [7, 11) is 0. The van der Waals surface area contributed by atoms with Crippen LogP contribution in [0, 0.1) is 0 Å². The van der Waals surface area contributed by atoms with E-state index in [0.29, 0.717) is 12.2 Å². The average Bonchev–Trinajstić information content (AvgIpc) is 2.30. The van der Waals surface area contributed by atoms with Crippen LogP contribution in [0.2, 0.25) is 0 Å². The molecular weight excluding hydrogens is 218 g/mol. The van der Waals surface area contributed by atoms with Gasteiger partial charge in [0.2, 0.25) is 0 Å². The first-order valence-electron chi connectivity index (χ1n) is 5.65. The third-order valence-corrected chi connectivity index (χ3v) is 2.27. The lowest BCUT2D eigenvalue weighted by atomic mass is 10.1. The Kier molecular flexibility index (Phi) is 4.52. The van der Waals surface area contributed by atoms with E-state index in [-0.39, 0.29) is 12.5 Å². The maximum atomic E-state index is 11.8. The fourth-order valence-corrected chi connectivity index (χ4v) is 1.29. The van der Waals surface area contributed by atoms with Gasteiger partial charge in [0.05, 0.1) is 18.8 Å². The van der Waals surface area contributed by atoms with Crippen LogP contribution in [0.3, 0.4) is 0 Å². The van der Waals surface area contributed by atoms with Crippen molar-refractivity contribution in [3.05, 3.63) is 29.8 Å². The zero-order valence-electron chi connectivity index (χ0n) is 10.5. The van der Waals surface area contributed by atoms with E-state index in [9.17, 15) is 4.79 Å². The SMILES string of the molecule is CCOc1ccc(C(=O)NC(C)(C)CO)cc1. The van der Waals surface area contributed by atoms with E-state index in [1.807, 2.05) is 6.92 Å². The Labute approximate surface area is 102 Å². The normalized spacial score (nSPS) is 11.1. The van der Waals surface area contributed by atoms with Crippen molar-refractivity contribution in [2.45, 2.75) is 26.3 Å². The smallest absolute Gasteiger partial charge is 0.251 e. The van der Waals surface area contributed by atoms with Crippen molar-refractivity contribution >= 4 is 5.91 Å². The van der Waals surface area contributed by atoms with Gasteiger partial charge in [0, 0.05) is 5.56 Å². The van der Waals surface area contributed by atoms with Crippen LogP contribution in [0.15, 0.2) is 24.3 Å². The number of carbonyl (C=O) groups excluding carboxylic acids is 1. The Morgan fingerprint density at radius 2 is 1.94 bits per heavy atom. The molecule has 1 rings (SSSR count). The summed E-state index contributed by atoms with van der Waals surface area (Å²) in [4.78, 5) is 11.8. The molecule has 0 aliphatic carbocycles. The highest BCUT2D eigenvalue weighted by Gasteiger charge is 2.19. The number of aliphatic hydroxyl groups is 1. The van der Waals surface area contributed by atoms with E-state index in [1.54, 1.807) is 38.1 Å². The number of aliphatic hydroxyl groups excluding tert-OH is 1. The summed E-state index contributed by atoms with van der Waals surface area (Å²) in [6.45, 7) is 5.93. The summed E-state index contributed by atoms with van der Waals surface area (Å²) in [5.41, 5.74) is -0.0645. The monoisotopic (exact) mass is 237 g/mol. The summed E-state index contributed by atoms with van der Waals surface area (Å²) in [6.07, 6.45) is 0. The quantitative estimate of drug-likeness (QED) is 0.817. The predicted octanol–water partition coefficient (Wildman–Crippen LogP) is 1.59. The lowest BCUT2D eigenvalue weighted by Gasteiger charge is -2.23. The van der Waals surface area contributed by atoms with Crippen molar-refractivity contribution < 1.29 is 14.6 Å². The van der Waals surface area contributed by atoms with Crippen molar-refractivity contribution in [3.8, 4) is 5.75 Å². The van der Waals surface area contributed by atoms with Crippen LogP contribution in [0.1, 0.15) is 31.1 Å². The number of ether oxygens (including phenoxy) is 1. The molecule has 4 heteroatoms.